The van der Waals surface area contributed by atoms with Gasteiger partial charge in [0, 0.05) is 23.3 Å². The molecule has 0 bridgehead atoms. The molecule has 0 unspecified atom stereocenters. The average molecular weight is 389 g/mol. The summed E-state index contributed by atoms with van der Waals surface area (Å²) in [7, 11) is 0. The first-order valence-electron chi connectivity index (χ1n) is 8.74. The zero-order chi connectivity index (χ0) is 19.5. The van der Waals surface area contributed by atoms with Gasteiger partial charge in [0.2, 0.25) is 0 Å². The second kappa shape index (κ2) is 7.66. The zero-order valence-corrected chi connectivity index (χ0v) is 15.9. The summed E-state index contributed by atoms with van der Waals surface area (Å²) in [4.78, 5) is 17.0. The summed E-state index contributed by atoms with van der Waals surface area (Å²) < 4.78 is 1.88. The molecular formula is C22H17ClN4O. The van der Waals surface area contributed by atoms with E-state index in [4.69, 9.17) is 11.6 Å². The van der Waals surface area contributed by atoms with E-state index in [2.05, 4.69) is 15.5 Å². The largest absolute Gasteiger partial charge is 0.323 e. The van der Waals surface area contributed by atoms with Crippen molar-refractivity contribution >= 4 is 34.6 Å². The molecule has 6 heteroatoms. The highest BCUT2D eigenvalue weighted by Gasteiger charge is 2.11. The van der Waals surface area contributed by atoms with Gasteiger partial charge < -0.3 is 4.57 Å². The molecule has 0 saturated heterocycles. The number of aromatic nitrogens is 2. The Labute approximate surface area is 167 Å². The van der Waals surface area contributed by atoms with Crippen molar-refractivity contribution in [1.82, 2.24) is 15.0 Å². The normalized spacial score (nSPS) is 11.2. The predicted octanol–water partition coefficient (Wildman–Crippen LogP) is 4.75. The molecule has 0 radical (unpaired) electrons. The summed E-state index contributed by atoms with van der Waals surface area (Å²) in [5, 5.41) is 5.36. The molecule has 4 rings (SSSR count). The monoisotopic (exact) mass is 388 g/mol. The molecule has 1 amide bonds. The number of nitrogens with zero attached hydrogens (tertiary/aromatic N) is 3. The van der Waals surface area contributed by atoms with E-state index in [1.807, 2.05) is 78.5 Å². The van der Waals surface area contributed by atoms with Gasteiger partial charge in [-0.3, -0.25) is 4.79 Å². The minimum atomic E-state index is -0.305. The highest BCUT2D eigenvalue weighted by atomic mass is 35.5. The van der Waals surface area contributed by atoms with Gasteiger partial charge >= 0.3 is 0 Å². The molecule has 138 valence electrons. The number of carbonyl (C=O) groups is 1. The summed E-state index contributed by atoms with van der Waals surface area (Å²) in [6, 6.07) is 19.0. The summed E-state index contributed by atoms with van der Waals surface area (Å²) in [6.07, 6.45) is 5.28. The van der Waals surface area contributed by atoms with Crippen LogP contribution in [0.2, 0.25) is 5.15 Å². The molecule has 0 aliphatic rings. The van der Waals surface area contributed by atoms with Crippen molar-refractivity contribution in [2.24, 2.45) is 5.10 Å². The fraction of sp³-hybridized carbons (Fsp3) is 0.0455. The number of nitrogens with one attached hydrogen (secondary N) is 1. The van der Waals surface area contributed by atoms with Gasteiger partial charge in [0.1, 0.15) is 5.15 Å². The van der Waals surface area contributed by atoms with E-state index in [1.165, 1.54) is 6.21 Å². The second-order valence-electron chi connectivity index (χ2n) is 6.37. The number of hydrazone groups is 1. The van der Waals surface area contributed by atoms with E-state index in [1.54, 1.807) is 6.07 Å². The lowest BCUT2D eigenvalue weighted by molar-refractivity contribution is 0.0955. The van der Waals surface area contributed by atoms with Crippen molar-refractivity contribution in [1.29, 1.82) is 0 Å². The lowest BCUT2D eigenvalue weighted by atomic mass is 10.1. The number of benzene rings is 2. The van der Waals surface area contributed by atoms with Crippen molar-refractivity contribution < 1.29 is 4.79 Å². The summed E-state index contributed by atoms with van der Waals surface area (Å²) in [6.45, 7) is 2.01. The number of rotatable bonds is 4. The molecule has 28 heavy (non-hydrogen) atoms. The minimum absolute atomic E-state index is 0.305. The first-order chi connectivity index (χ1) is 13.6. The molecular weight excluding hydrogens is 372 g/mol. The van der Waals surface area contributed by atoms with Crippen molar-refractivity contribution in [3.8, 4) is 5.69 Å². The van der Waals surface area contributed by atoms with Crippen molar-refractivity contribution in [3.05, 3.63) is 94.9 Å². The molecule has 1 N–H and O–H groups in total. The number of halogens is 1. The molecule has 5 nitrogen and oxygen atoms in total. The standard InChI is InChI=1S/C22H17ClN4O/c1-15-8-9-16-13-17(21(23)25-19(16)12-15)14-24-26-22(28)18-6-2-3-7-20(18)27-10-4-5-11-27/h2-14H,1H3,(H,26,28)/b24-14+. The molecule has 0 fully saturated rings. The number of pyridine rings is 1. The Morgan fingerprint density at radius 1 is 1.11 bits per heavy atom. The van der Waals surface area contributed by atoms with Crippen LogP contribution in [-0.2, 0) is 0 Å². The van der Waals surface area contributed by atoms with Crippen molar-refractivity contribution in [3.63, 3.8) is 0 Å². The van der Waals surface area contributed by atoms with Gasteiger partial charge in [0.15, 0.2) is 0 Å². The molecule has 0 spiro atoms. The van der Waals surface area contributed by atoms with Crippen LogP contribution in [0.1, 0.15) is 21.5 Å². The fourth-order valence-corrected chi connectivity index (χ4v) is 3.16. The number of fused-ring (bicyclic) bond motifs is 1. The molecule has 2 heterocycles. The maximum atomic E-state index is 12.6. The van der Waals surface area contributed by atoms with Crippen LogP contribution in [-0.4, -0.2) is 21.7 Å². The number of carbonyl (C=O) groups excluding carboxylic acids is 1. The Morgan fingerprint density at radius 3 is 2.71 bits per heavy atom. The topological polar surface area (TPSA) is 59.3 Å². The predicted molar refractivity (Wildman–Crippen MR) is 112 cm³/mol. The van der Waals surface area contributed by atoms with Gasteiger partial charge in [-0.1, -0.05) is 35.9 Å². The third kappa shape index (κ3) is 3.66. The van der Waals surface area contributed by atoms with Gasteiger partial charge in [-0.2, -0.15) is 5.10 Å². The van der Waals surface area contributed by atoms with Crippen LogP contribution in [0.25, 0.3) is 16.6 Å². The first-order valence-corrected chi connectivity index (χ1v) is 9.12. The van der Waals surface area contributed by atoms with E-state index in [0.717, 1.165) is 22.2 Å². The highest BCUT2D eigenvalue weighted by molar-refractivity contribution is 6.32. The van der Waals surface area contributed by atoms with Crippen LogP contribution < -0.4 is 5.43 Å². The Hall–Kier alpha value is -3.44. The molecule has 0 aliphatic carbocycles. The Balaban J connectivity index is 1.56. The summed E-state index contributed by atoms with van der Waals surface area (Å²) in [5.41, 5.74) is 6.44. The third-order valence-corrected chi connectivity index (χ3v) is 4.66. The molecule has 4 aromatic rings. The fourth-order valence-electron chi connectivity index (χ4n) is 2.97. The maximum Gasteiger partial charge on any atom is 0.273 e. The van der Waals surface area contributed by atoms with E-state index in [0.29, 0.717) is 16.3 Å². The Kier molecular flexibility index (Phi) is 4.91. The minimum Gasteiger partial charge on any atom is -0.323 e. The van der Waals surface area contributed by atoms with E-state index >= 15 is 0 Å². The highest BCUT2D eigenvalue weighted by Crippen LogP contribution is 2.20. The smallest absolute Gasteiger partial charge is 0.273 e. The van der Waals surface area contributed by atoms with Gasteiger partial charge in [-0.15, -0.1) is 0 Å². The Bertz CT molecular complexity index is 1180. The van der Waals surface area contributed by atoms with E-state index in [-0.39, 0.29) is 5.91 Å². The van der Waals surface area contributed by atoms with Crippen LogP contribution in [0, 0.1) is 6.92 Å². The molecule has 0 atom stereocenters. The molecule has 0 saturated carbocycles. The average Bonchev–Trinajstić information content (AvgIpc) is 3.23. The second-order valence-corrected chi connectivity index (χ2v) is 6.73. The van der Waals surface area contributed by atoms with Gasteiger partial charge in [-0.25, -0.2) is 10.4 Å². The summed E-state index contributed by atoms with van der Waals surface area (Å²) >= 11 is 6.26. The van der Waals surface area contributed by atoms with Crippen LogP contribution in [0.5, 0.6) is 0 Å². The number of hydrogen-bond donors (Lipinski definition) is 1. The SMILES string of the molecule is Cc1ccc2cc(/C=N/NC(=O)c3ccccc3-n3cccc3)c(Cl)nc2c1. The van der Waals surface area contributed by atoms with Crippen LogP contribution in [0.15, 0.2) is 78.2 Å². The van der Waals surface area contributed by atoms with Crippen molar-refractivity contribution in [2.45, 2.75) is 6.92 Å². The van der Waals surface area contributed by atoms with Gasteiger partial charge in [0.25, 0.3) is 5.91 Å². The first kappa shape index (κ1) is 17.9. The van der Waals surface area contributed by atoms with Crippen LogP contribution in [0.4, 0.5) is 0 Å². The lowest BCUT2D eigenvalue weighted by Crippen LogP contribution is -2.19. The maximum absolute atomic E-state index is 12.6. The van der Waals surface area contributed by atoms with Gasteiger partial charge in [-0.05, 0) is 48.9 Å². The third-order valence-electron chi connectivity index (χ3n) is 4.35. The van der Waals surface area contributed by atoms with Crippen molar-refractivity contribution in [2.75, 3.05) is 0 Å². The molecule has 0 aliphatic heterocycles. The quantitative estimate of drug-likeness (QED) is 0.311. The molecule has 2 aromatic heterocycles. The number of amides is 1. The molecule has 2 aromatic carbocycles. The lowest BCUT2D eigenvalue weighted by Gasteiger charge is -2.09. The van der Waals surface area contributed by atoms with E-state index in [9.17, 15) is 4.79 Å². The van der Waals surface area contributed by atoms with Crippen LogP contribution in [0.3, 0.4) is 0 Å². The number of para-hydroxylation sites is 1. The van der Waals surface area contributed by atoms with E-state index < -0.39 is 0 Å². The number of aryl methyl sites for hydroxylation is 1. The zero-order valence-electron chi connectivity index (χ0n) is 15.1. The summed E-state index contributed by atoms with van der Waals surface area (Å²) in [5.74, 6) is -0.305. The van der Waals surface area contributed by atoms with Crippen LogP contribution >= 0.6 is 11.6 Å². The Morgan fingerprint density at radius 2 is 1.89 bits per heavy atom. The van der Waals surface area contributed by atoms with Gasteiger partial charge in [0.05, 0.1) is 23.0 Å². The number of hydrogen-bond acceptors (Lipinski definition) is 3.